The number of nitrogens with zero attached hydrogens (tertiary/aromatic N) is 4. The Labute approximate surface area is 175 Å². The molecule has 0 saturated heterocycles. The third-order valence-electron chi connectivity index (χ3n) is 4.53. The van der Waals surface area contributed by atoms with Crippen LogP contribution in [0.1, 0.15) is 31.7 Å². The zero-order valence-corrected chi connectivity index (χ0v) is 17.6. The zero-order valence-electron chi connectivity index (χ0n) is 16.0. The molecule has 0 radical (unpaired) electrons. The predicted octanol–water partition coefficient (Wildman–Crippen LogP) is 4.13. The summed E-state index contributed by atoms with van der Waals surface area (Å²) >= 11 is 2.74. The Morgan fingerprint density at radius 1 is 1.17 bits per heavy atom. The lowest BCUT2D eigenvalue weighted by molar-refractivity contribution is -0.116. The van der Waals surface area contributed by atoms with Crippen molar-refractivity contribution in [2.24, 2.45) is 0 Å². The fourth-order valence-electron chi connectivity index (χ4n) is 2.86. The van der Waals surface area contributed by atoms with Gasteiger partial charge in [-0.3, -0.25) is 14.2 Å². The maximum Gasteiger partial charge on any atom is 0.262 e. The van der Waals surface area contributed by atoms with Crippen molar-refractivity contribution >= 4 is 43.9 Å². The summed E-state index contributed by atoms with van der Waals surface area (Å²) in [5, 5.41) is 14.6. The molecule has 0 fully saturated rings. The molecule has 0 bridgehead atoms. The van der Waals surface area contributed by atoms with Crippen LogP contribution in [0.15, 0.2) is 46.8 Å². The number of hydrogen-bond donors (Lipinski definition) is 1. The zero-order chi connectivity index (χ0) is 20.4. The smallest absolute Gasteiger partial charge is 0.262 e. The molecule has 29 heavy (non-hydrogen) atoms. The van der Waals surface area contributed by atoms with Crippen molar-refractivity contribution in [2.45, 2.75) is 32.7 Å². The summed E-state index contributed by atoms with van der Waals surface area (Å²) in [7, 11) is 0. The van der Waals surface area contributed by atoms with Crippen LogP contribution in [0.2, 0.25) is 0 Å². The van der Waals surface area contributed by atoms with Crippen LogP contribution in [0.4, 0.5) is 5.13 Å². The van der Waals surface area contributed by atoms with Crippen LogP contribution in [-0.2, 0) is 11.3 Å². The maximum absolute atomic E-state index is 12.4. The molecule has 9 heteroatoms. The molecule has 0 saturated carbocycles. The minimum Gasteiger partial charge on any atom is -0.300 e. The summed E-state index contributed by atoms with van der Waals surface area (Å²) in [6.07, 6.45) is 1.63. The van der Waals surface area contributed by atoms with Crippen LogP contribution in [-0.4, -0.2) is 25.7 Å². The second-order valence-electron chi connectivity index (χ2n) is 6.87. The summed E-state index contributed by atoms with van der Waals surface area (Å²) in [5.41, 5.74) is 2.10. The lowest BCUT2D eigenvalue weighted by atomic mass is 10.0. The van der Waals surface area contributed by atoms with Crippen molar-refractivity contribution in [3.05, 3.63) is 58.0 Å². The number of anilines is 1. The topological polar surface area (TPSA) is 89.8 Å². The first kappa shape index (κ1) is 19.4. The van der Waals surface area contributed by atoms with E-state index in [0.717, 1.165) is 10.6 Å². The molecule has 148 valence electrons. The Morgan fingerprint density at radius 2 is 1.97 bits per heavy atom. The van der Waals surface area contributed by atoms with Crippen molar-refractivity contribution in [3.8, 4) is 10.6 Å². The van der Waals surface area contributed by atoms with E-state index >= 15 is 0 Å². The van der Waals surface area contributed by atoms with E-state index < -0.39 is 0 Å². The fourth-order valence-corrected chi connectivity index (χ4v) is 4.35. The molecule has 0 unspecified atom stereocenters. The highest BCUT2D eigenvalue weighted by Crippen LogP contribution is 2.27. The Morgan fingerprint density at radius 3 is 2.72 bits per heavy atom. The number of carbonyl (C=O) groups excluding carboxylic acids is 1. The minimum absolute atomic E-state index is 0.132. The molecule has 1 aromatic carbocycles. The highest BCUT2D eigenvalue weighted by molar-refractivity contribution is 7.18. The Bertz CT molecular complexity index is 1210. The lowest BCUT2D eigenvalue weighted by Gasteiger charge is -2.05. The molecule has 1 amide bonds. The summed E-state index contributed by atoms with van der Waals surface area (Å²) in [6.45, 7) is 4.55. The van der Waals surface area contributed by atoms with Crippen molar-refractivity contribution in [1.82, 2.24) is 19.7 Å². The van der Waals surface area contributed by atoms with E-state index in [9.17, 15) is 9.59 Å². The van der Waals surface area contributed by atoms with Gasteiger partial charge in [-0.05, 0) is 22.9 Å². The number of carbonyl (C=O) groups is 1. The van der Waals surface area contributed by atoms with E-state index in [1.54, 1.807) is 6.07 Å². The molecule has 0 atom stereocenters. The molecule has 0 spiro atoms. The molecule has 3 aromatic heterocycles. The van der Waals surface area contributed by atoms with Crippen LogP contribution in [0.3, 0.4) is 0 Å². The Balaban J connectivity index is 1.38. The SMILES string of the molecule is CC(C)c1ccc(-c2nnc(NC(=O)CCn3cnc4sccc4c3=O)s2)cc1. The van der Waals surface area contributed by atoms with E-state index in [4.69, 9.17) is 0 Å². The van der Waals surface area contributed by atoms with E-state index in [-0.39, 0.29) is 24.4 Å². The highest BCUT2D eigenvalue weighted by atomic mass is 32.1. The average molecular weight is 426 g/mol. The molecule has 0 aliphatic carbocycles. The quantitative estimate of drug-likeness (QED) is 0.502. The molecule has 4 aromatic rings. The van der Waals surface area contributed by atoms with Gasteiger partial charge in [-0.25, -0.2) is 4.98 Å². The van der Waals surface area contributed by atoms with E-state index in [0.29, 0.717) is 21.3 Å². The van der Waals surface area contributed by atoms with Gasteiger partial charge in [0, 0.05) is 18.5 Å². The van der Waals surface area contributed by atoms with Crippen LogP contribution < -0.4 is 10.9 Å². The largest absolute Gasteiger partial charge is 0.300 e. The minimum atomic E-state index is -0.222. The first-order valence-corrected chi connectivity index (χ1v) is 10.9. The Hall–Kier alpha value is -2.91. The van der Waals surface area contributed by atoms with E-state index in [1.165, 1.54) is 39.1 Å². The second kappa shape index (κ2) is 8.22. The number of rotatable bonds is 6. The van der Waals surface area contributed by atoms with Gasteiger partial charge >= 0.3 is 0 Å². The van der Waals surface area contributed by atoms with Gasteiger partial charge < -0.3 is 5.32 Å². The van der Waals surface area contributed by atoms with Gasteiger partial charge in [0.05, 0.1) is 11.7 Å². The summed E-state index contributed by atoms with van der Waals surface area (Å²) in [5.74, 6) is 0.247. The van der Waals surface area contributed by atoms with Gasteiger partial charge in [-0.15, -0.1) is 21.5 Å². The van der Waals surface area contributed by atoms with Gasteiger partial charge in [0.25, 0.3) is 5.56 Å². The van der Waals surface area contributed by atoms with E-state index in [1.807, 2.05) is 17.5 Å². The first-order valence-electron chi connectivity index (χ1n) is 9.17. The van der Waals surface area contributed by atoms with Crippen LogP contribution >= 0.6 is 22.7 Å². The van der Waals surface area contributed by atoms with E-state index in [2.05, 4.69) is 46.5 Å². The number of nitrogens with one attached hydrogen (secondary N) is 1. The number of fused-ring (bicyclic) bond motifs is 1. The maximum atomic E-state index is 12.4. The molecule has 0 aliphatic heterocycles. The summed E-state index contributed by atoms with van der Waals surface area (Å²) < 4.78 is 1.45. The first-order chi connectivity index (χ1) is 14.0. The molecule has 0 aliphatic rings. The molecular formula is C20H19N5O2S2. The van der Waals surface area contributed by atoms with Crippen molar-refractivity contribution in [1.29, 1.82) is 0 Å². The van der Waals surface area contributed by atoms with Gasteiger partial charge in [-0.1, -0.05) is 49.4 Å². The second-order valence-corrected chi connectivity index (χ2v) is 8.74. The monoisotopic (exact) mass is 425 g/mol. The van der Waals surface area contributed by atoms with Gasteiger partial charge in [0.15, 0.2) is 0 Å². The fraction of sp³-hybridized carbons (Fsp3) is 0.250. The van der Waals surface area contributed by atoms with Gasteiger partial charge in [-0.2, -0.15) is 0 Å². The van der Waals surface area contributed by atoms with Crippen molar-refractivity contribution in [2.75, 3.05) is 5.32 Å². The van der Waals surface area contributed by atoms with Crippen molar-refractivity contribution in [3.63, 3.8) is 0 Å². The molecule has 7 nitrogen and oxygen atoms in total. The number of benzene rings is 1. The van der Waals surface area contributed by atoms with Gasteiger partial charge in [0.1, 0.15) is 9.84 Å². The van der Waals surface area contributed by atoms with Crippen LogP contribution in [0.25, 0.3) is 20.8 Å². The summed E-state index contributed by atoms with van der Waals surface area (Å²) in [6, 6.07) is 9.94. The molecule has 1 N–H and O–H groups in total. The third-order valence-corrected chi connectivity index (χ3v) is 6.23. The lowest BCUT2D eigenvalue weighted by Crippen LogP contribution is -2.23. The summed E-state index contributed by atoms with van der Waals surface area (Å²) in [4.78, 5) is 29.6. The van der Waals surface area contributed by atoms with Crippen molar-refractivity contribution < 1.29 is 4.79 Å². The van der Waals surface area contributed by atoms with Crippen LogP contribution in [0, 0.1) is 0 Å². The highest BCUT2D eigenvalue weighted by Gasteiger charge is 2.12. The molecular weight excluding hydrogens is 406 g/mol. The average Bonchev–Trinajstić information content (AvgIpc) is 3.37. The number of aromatic nitrogens is 4. The standard InChI is InChI=1S/C20H19N5O2S2/c1-12(2)13-3-5-14(6-4-13)17-23-24-20(29-17)22-16(26)7-9-25-11-21-18-15(19(25)27)8-10-28-18/h3-6,8,10-12H,7,9H2,1-2H3,(H,22,24,26). The predicted molar refractivity (Wildman–Crippen MR) is 117 cm³/mol. The number of aryl methyl sites for hydroxylation is 1. The normalized spacial score (nSPS) is 11.3. The Kier molecular flexibility index (Phi) is 5.50. The number of thiophene rings is 1. The number of amides is 1. The van der Waals surface area contributed by atoms with Crippen LogP contribution in [0.5, 0.6) is 0 Å². The molecule has 4 rings (SSSR count). The third kappa shape index (κ3) is 4.25. The van der Waals surface area contributed by atoms with Gasteiger partial charge in [0.2, 0.25) is 11.0 Å². The molecule has 3 heterocycles. The number of hydrogen-bond acceptors (Lipinski definition) is 7.